The Hall–Kier alpha value is -1.11. The number of aromatic nitrogens is 1. The van der Waals surface area contributed by atoms with E-state index < -0.39 is 10.0 Å². The first-order valence-corrected chi connectivity index (χ1v) is 6.07. The fourth-order valence-electron chi connectivity index (χ4n) is 1.26. The molecule has 5 nitrogen and oxygen atoms in total. The van der Waals surface area contributed by atoms with Crippen molar-refractivity contribution in [3.8, 4) is 0 Å². The molecule has 0 aliphatic heterocycles. The summed E-state index contributed by atoms with van der Waals surface area (Å²) in [6.07, 6.45) is 0. The second kappa shape index (κ2) is 3.48. The van der Waals surface area contributed by atoms with Crippen LogP contribution in [-0.2, 0) is 15.9 Å². The molecule has 2 aromatic rings. The van der Waals surface area contributed by atoms with Gasteiger partial charge in [0.05, 0.1) is 5.88 Å². The van der Waals surface area contributed by atoms with E-state index in [1.807, 2.05) is 0 Å². The number of rotatable bonds is 2. The number of oxazole rings is 1. The van der Waals surface area contributed by atoms with Gasteiger partial charge in [-0.15, -0.1) is 11.6 Å². The summed E-state index contributed by atoms with van der Waals surface area (Å²) in [4.78, 5) is 3.88. The normalized spacial score (nSPS) is 12.1. The summed E-state index contributed by atoms with van der Waals surface area (Å²) in [5.41, 5.74) is 0.577. The smallest absolute Gasteiger partial charge is 0.240 e. The quantitative estimate of drug-likeness (QED) is 0.807. The van der Waals surface area contributed by atoms with E-state index >= 15 is 0 Å². The van der Waals surface area contributed by atoms with Crippen molar-refractivity contribution in [2.75, 3.05) is 0 Å². The lowest BCUT2D eigenvalue weighted by Gasteiger charge is -1.96. The van der Waals surface area contributed by atoms with Crippen molar-refractivity contribution in [3.05, 3.63) is 24.1 Å². The van der Waals surface area contributed by atoms with Crippen molar-refractivity contribution in [1.82, 2.24) is 4.98 Å². The average Bonchev–Trinajstić information content (AvgIpc) is 2.57. The first-order valence-electron chi connectivity index (χ1n) is 3.99. The Bertz CT molecular complexity index is 605. The Balaban J connectivity index is 2.81. The van der Waals surface area contributed by atoms with Crippen LogP contribution in [-0.4, -0.2) is 13.4 Å². The molecule has 15 heavy (non-hydrogen) atoms. The van der Waals surface area contributed by atoms with E-state index in [2.05, 4.69) is 4.98 Å². The highest BCUT2D eigenvalue weighted by Gasteiger charge is 2.16. The predicted molar refractivity (Wildman–Crippen MR) is 54.9 cm³/mol. The number of fused-ring (bicyclic) bond motifs is 1. The van der Waals surface area contributed by atoms with Crippen LogP contribution in [0.15, 0.2) is 27.5 Å². The Morgan fingerprint density at radius 3 is 2.80 bits per heavy atom. The molecular formula is C8H7ClN2O3S. The lowest BCUT2D eigenvalue weighted by molar-refractivity contribution is 0.554. The summed E-state index contributed by atoms with van der Waals surface area (Å²) < 4.78 is 27.6. The number of sulfonamides is 1. The van der Waals surface area contributed by atoms with E-state index in [9.17, 15) is 8.42 Å². The van der Waals surface area contributed by atoms with Crippen LogP contribution in [0.3, 0.4) is 0 Å². The predicted octanol–water partition coefficient (Wildman–Crippen LogP) is 1.21. The summed E-state index contributed by atoms with van der Waals surface area (Å²) in [7, 11) is -3.79. The number of hydrogen-bond acceptors (Lipinski definition) is 4. The number of primary sulfonamides is 1. The van der Waals surface area contributed by atoms with E-state index in [0.717, 1.165) is 0 Å². The first kappa shape index (κ1) is 10.4. The summed E-state index contributed by atoms with van der Waals surface area (Å²) in [6.45, 7) is 0. The van der Waals surface area contributed by atoms with Crippen LogP contribution < -0.4 is 5.14 Å². The summed E-state index contributed by atoms with van der Waals surface area (Å²) in [5, 5.41) is 5.03. The van der Waals surface area contributed by atoms with Gasteiger partial charge in [-0.05, 0) is 12.1 Å². The fourth-order valence-corrected chi connectivity index (χ4v) is 2.05. The lowest BCUT2D eigenvalue weighted by Crippen LogP contribution is -2.12. The number of benzene rings is 1. The van der Waals surface area contributed by atoms with Crippen molar-refractivity contribution in [2.24, 2.45) is 5.14 Å². The molecule has 1 aromatic heterocycles. The van der Waals surface area contributed by atoms with Crippen LogP contribution in [0.5, 0.6) is 0 Å². The van der Waals surface area contributed by atoms with Gasteiger partial charge in [0.1, 0.15) is 10.4 Å². The van der Waals surface area contributed by atoms with Crippen LogP contribution in [0.1, 0.15) is 5.89 Å². The van der Waals surface area contributed by atoms with Crippen molar-refractivity contribution >= 4 is 32.7 Å². The maximum absolute atomic E-state index is 11.2. The third kappa shape index (κ3) is 1.83. The molecule has 1 heterocycles. The van der Waals surface area contributed by atoms with E-state index in [-0.39, 0.29) is 22.2 Å². The minimum absolute atomic E-state index is 0.0554. The number of nitrogens with zero attached hydrogens (tertiary/aromatic N) is 1. The largest absolute Gasteiger partial charge is 0.439 e. The Morgan fingerprint density at radius 2 is 2.20 bits per heavy atom. The molecule has 0 atom stereocenters. The molecule has 0 unspecified atom stereocenters. The molecule has 0 saturated carbocycles. The van der Waals surface area contributed by atoms with Gasteiger partial charge >= 0.3 is 0 Å². The molecule has 2 N–H and O–H groups in total. The molecule has 0 aliphatic rings. The molecule has 0 spiro atoms. The van der Waals surface area contributed by atoms with Crippen molar-refractivity contribution in [3.63, 3.8) is 0 Å². The van der Waals surface area contributed by atoms with E-state index in [0.29, 0.717) is 5.58 Å². The van der Waals surface area contributed by atoms with Gasteiger partial charge in [0.25, 0.3) is 0 Å². The van der Waals surface area contributed by atoms with Crippen molar-refractivity contribution in [1.29, 1.82) is 0 Å². The standard InChI is InChI=1S/C8H7ClN2O3S/c9-4-7-11-8-5(14-7)2-1-3-6(8)15(10,12)13/h1-3H,4H2,(H2,10,12,13). The van der Waals surface area contributed by atoms with Crippen LogP contribution >= 0.6 is 11.6 Å². The summed E-state index contributed by atoms with van der Waals surface area (Å²) >= 11 is 5.53. The monoisotopic (exact) mass is 246 g/mol. The van der Waals surface area contributed by atoms with Gasteiger partial charge < -0.3 is 4.42 Å². The minimum Gasteiger partial charge on any atom is -0.439 e. The van der Waals surface area contributed by atoms with Crippen molar-refractivity contribution < 1.29 is 12.8 Å². The summed E-state index contributed by atoms with van der Waals surface area (Å²) in [6, 6.07) is 4.51. The lowest BCUT2D eigenvalue weighted by atomic mass is 10.3. The van der Waals surface area contributed by atoms with Crippen LogP contribution in [0, 0.1) is 0 Å². The van der Waals surface area contributed by atoms with Gasteiger partial charge in [-0.3, -0.25) is 0 Å². The Kier molecular flexibility index (Phi) is 2.41. The van der Waals surface area contributed by atoms with Crippen molar-refractivity contribution in [2.45, 2.75) is 10.8 Å². The zero-order valence-corrected chi connectivity index (χ0v) is 9.05. The van der Waals surface area contributed by atoms with Gasteiger partial charge in [-0.2, -0.15) is 0 Å². The van der Waals surface area contributed by atoms with Gasteiger partial charge in [-0.25, -0.2) is 18.5 Å². The highest BCUT2D eigenvalue weighted by Crippen LogP contribution is 2.22. The maximum atomic E-state index is 11.2. The maximum Gasteiger partial charge on any atom is 0.240 e. The molecule has 0 bridgehead atoms. The Morgan fingerprint density at radius 1 is 1.47 bits per heavy atom. The number of nitrogens with two attached hydrogens (primary N) is 1. The Labute approximate surface area is 90.9 Å². The topological polar surface area (TPSA) is 86.2 Å². The third-order valence-electron chi connectivity index (χ3n) is 1.85. The molecule has 0 radical (unpaired) electrons. The molecule has 0 fully saturated rings. The fraction of sp³-hybridized carbons (Fsp3) is 0.125. The van der Waals surface area contributed by atoms with Gasteiger partial charge in [0.15, 0.2) is 5.58 Å². The molecule has 0 saturated heterocycles. The highest BCUT2D eigenvalue weighted by atomic mass is 35.5. The molecule has 0 amide bonds. The molecule has 1 aromatic carbocycles. The number of alkyl halides is 1. The molecule has 80 valence electrons. The zero-order chi connectivity index (χ0) is 11.1. The molecule has 2 rings (SSSR count). The van der Waals surface area contributed by atoms with Gasteiger partial charge in [0.2, 0.25) is 15.9 Å². The van der Waals surface area contributed by atoms with E-state index in [4.69, 9.17) is 21.2 Å². The van der Waals surface area contributed by atoms with Crippen LogP contribution in [0.25, 0.3) is 11.1 Å². The number of halogens is 1. The highest BCUT2D eigenvalue weighted by molar-refractivity contribution is 7.89. The van der Waals surface area contributed by atoms with Crippen LogP contribution in [0.2, 0.25) is 0 Å². The van der Waals surface area contributed by atoms with E-state index in [1.165, 1.54) is 12.1 Å². The third-order valence-corrected chi connectivity index (χ3v) is 3.02. The minimum atomic E-state index is -3.79. The van der Waals surface area contributed by atoms with Gasteiger partial charge in [-0.1, -0.05) is 6.07 Å². The zero-order valence-electron chi connectivity index (χ0n) is 7.47. The number of para-hydroxylation sites is 1. The second-order valence-electron chi connectivity index (χ2n) is 2.89. The molecule has 7 heteroatoms. The van der Waals surface area contributed by atoms with E-state index in [1.54, 1.807) is 6.07 Å². The summed E-state index contributed by atoms with van der Waals surface area (Å²) in [5.74, 6) is 0.349. The number of hydrogen-bond donors (Lipinski definition) is 1. The first-order chi connectivity index (χ1) is 7.02. The van der Waals surface area contributed by atoms with Gasteiger partial charge in [0, 0.05) is 0 Å². The SMILES string of the molecule is NS(=O)(=O)c1cccc2oc(CCl)nc12. The van der Waals surface area contributed by atoms with Crippen LogP contribution in [0.4, 0.5) is 0 Å². The molecular weight excluding hydrogens is 240 g/mol. The molecule has 0 aliphatic carbocycles. The second-order valence-corrected chi connectivity index (χ2v) is 4.69. The average molecular weight is 247 g/mol.